The molecule has 0 radical (unpaired) electrons. The number of carbonyl (C=O) groups excluding carboxylic acids is 2. The number of hydrogen-bond donors (Lipinski definition) is 1. The average Bonchev–Trinajstić information content (AvgIpc) is 3.03. The predicted molar refractivity (Wildman–Crippen MR) is 119 cm³/mol. The Morgan fingerprint density at radius 1 is 1.12 bits per heavy atom. The van der Waals surface area contributed by atoms with Crippen molar-refractivity contribution in [1.82, 2.24) is 4.90 Å². The molecule has 2 aromatic carbocycles. The Balaban J connectivity index is 1.83. The van der Waals surface area contributed by atoms with E-state index in [-0.39, 0.29) is 17.4 Å². The Bertz CT molecular complexity index is 1070. The number of amides is 1. The highest BCUT2D eigenvalue weighted by Crippen LogP contribution is 2.42. The van der Waals surface area contributed by atoms with Gasteiger partial charge >= 0.3 is 0 Å². The van der Waals surface area contributed by atoms with Crippen LogP contribution in [0.3, 0.4) is 0 Å². The van der Waals surface area contributed by atoms with Gasteiger partial charge in [0.2, 0.25) is 0 Å². The van der Waals surface area contributed by atoms with E-state index in [4.69, 9.17) is 14.2 Å². The van der Waals surface area contributed by atoms with Crippen molar-refractivity contribution in [2.75, 3.05) is 19.8 Å². The second-order valence-corrected chi connectivity index (χ2v) is 8.09. The van der Waals surface area contributed by atoms with Gasteiger partial charge in [-0.2, -0.15) is 0 Å². The number of likely N-dealkylation sites (tertiary alicyclic amines) is 1. The molecule has 1 amide bonds. The van der Waals surface area contributed by atoms with Crippen LogP contribution in [0.1, 0.15) is 44.4 Å². The Hall–Kier alpha value is -3.48. The number of nitrogens with zero attached hydrogens (tertiary/aromatic N) is 1. The summed E-state index contributed by atoms with van der Waals surface area (Å²) in [5, 5.41) is 11.2. The van der Waals surface area contributed by atoms with Crippen LogP contribution in [0, 0.1) is 0 Å². The van der Waals surface area contributed by atoms with E-state index in [1.807, 2.05) is 20.8 Å². The van der Waals surface area contributed by atoms with Crippen LogP contribution in [-0.4, -0.2) is 47.6 Å². The molecule has 32 heavy (non-hydrogen) atoms. The number of ether oxygens (including phenoxy) is 3. The molecule has 0 bridgehead atoms. The van der Waals surface area contributed by atoms with Crippen molar-refractivity contribution < 1.29 is 28.9 Å². The first kappa shape index (κ1) is 21.7. The number of ketones is 1. The van der Waals surface area contributed by atoms with Crippen molar-refractivity contribution in [1.29, 1.82) is 0 Å². The zero-order valence-corrected chi connectivity index (χ0v) is 18.5. The van der Waals surface area contributed by atoms with Gasteiger partial charge in [0.25, 0.3) is 11.7 Å². The molecule has 2 aliphatic heterocycles. The van der Waals surface area contributed by atoms with Gasteiger partial charge in [0.15, 0.2) is 11.5 Å². The summed E-state index contributed by atoms with van der Waals surface area (Å²) >= 11 is 0. The Morgan fingerprint density at radius 2 is 1.88 bits per heavy atom. The monoisotopic (exact) mass is 437 g/mol. The second-order valence-electron chi connectivity index (χ2n) is 8.09. The first-order valence-electron chi connectivity index (χ1n) is 10.9. The summed E-state index contributed by atoms with van der Waals surface area (Å²) in [5.74, 6) is 0.196. The standard InChI is InChI=1S/C25H27NO6/c1-4-10-26-22(16-8-9-19-20(14-16)31-12-11-30-19)21(24(28)25(26)29)23(27)17-6-5-7-18(13-17)32-15(2)3/h5-9,13-15,22,27H,4,10-12H2,1-3H3/b23-21-. The van der Waals surface area contributed by atoms with Crippen molar-refractivity contribution >= 4 is 17.4 Å². The fourth-order valence-electron chi connectivity index (χ4n) is 4.07. The maximum atomic E-state index is 13.0. The number of Topliss-reactive ketones (excluding diaryl/α,β-unsaturated/α-hetero) is 1. The SMILES string of the molecule is CCCN1C(=O)C(=O)/C(=C(\O)c2cccc(OC(C)C)c2)C1c1ccc2c(c1)OCCO2. The summed E-state index contributed by atoms with van der Waals surface area (Å²) in [6.07, 6.45) is 0.631. The molecule has 1 atom stereocenters. The van der Waals surface area contributed by atoms with Gasteiger partial charge in [-0.1, -0.05) is 25.1 Å². The lowest BCUT2D eigenvalue weighted by Crippen LogP contribution is -2.30. The smallest absolute Gasteiger partial charge is 0.295 e. The number of rotatable bonds is 6. The van der Waals surface area contributed by atoms with Crippen molar-refractivity contribution in [3.8, 4) is 17.2 Å². The molecule has 0 aliphatic carbocycles. The molecule has 0 saturated carbocycles. The van der Waals surface area contributed by atoms with E-state index in [9.17, 15) is 14.7 Å². The van der Waals surface area contributed by atoms with Crippen LogP contribution in [0.15, 0.2) is 48.0 Å². The molecule has 0 aromatic heterocycles. The summed E-state index contributed by atoms with van der Waals surface area (Å²) < 4.78 is 17.0. The Labute approximate surface area is 187 Å². The van der Waals surface area contributed by atoms with E-state index in [0.717, 1.165) is 0 Å². The molecule has 1 fully saturated rings. The third-order valence-corrected chi connectivity index (χ3v) is 5.37. The molecule has 1 saturated heterocycles. The molecular weight excluding hydrogens is 410 g/mol. The lowest BCUT2D eigenvalue weighted by molar-refractivity contribution is -0.139. The molecule has 168 valence electrons. The van der Waals surface area contributed by atoms with Crippen LogP contribution in [0.5, 0.6) is 17.2 Å². The van der Waals surface area contributed by atoms with Gasteiger partial charge in [-0.15, -0.1) is 0 Å². The molecule has 2 aliphatic rings. The van der Waals surface area contributed by atoms with Crippen molar-refractivity contribution in [2.45, 2.75) is 39.3 Å². The molecule has 2 aromatic rings. The Kier molecular flexibility index (Phi) is 6.08. The van der Waals surface area contributed by atoms with Gasteiger partial charge in [-0.25, -0.2) is 0 Å². The fourth-order valence-corrected chi connectivity index (χ4v) is 4.07. The van der Waals surface area contributed by atoms with Crippen LogP contribution in [0.25, 0.3) is 5.76 Å². The summed E-state index contributed by atoms with van der Waals surface area (Å²) in [4.78, 5) is 27.4. The van der Waals surface area contributed by atoms with E-state index in [0.29, 0.717) is 54.6 Å². The zero-order valence-electron chi connectivity index (χ0n) is 18.5. The number of carbonyl (C=O) groups is 2. The molecule has 7 nitrogen and oxygen atoms in total. The fraction of sp³-hybridized carbons (Fsp3) is 0.360. The van der Waals surface area contributed by atoms with Crippen LogP contribution in [0.2, 0.25) is 0 Å². The summed E-state index contributed by atoms with van der Waals surface area (Å²) in [5.41, 5.74) is 1.15. The molecule has 1 unspecified atom stereocenters. The predicted octanol–water partition coefficient (Wildman–Crippen LogP) is 4.08. The number of benzene rings is 2. The van der Waals surface area contributed by atoms with Crippen LogP contribution >= 0.6 is 0 Å². The third kappa shape index (κ3) is 4.02. The van der Waals surface area contributed by atoms with E-state index < -0.39 is 17.7 Å². The highest BCUT2D eigenvalue weighted by Gasteiger charge is 2.46. The molecule has 0 spiro atoms. The lowest BCUT2D eigenvalue weighted by Gasteiger charge is -2.26. The number of aliphatic hydroxyl groups is 1. The molecule has 4 rings (SSSR count). The van der Waals surface area contributed by atoms with Crippen LogP contribution in [0.4, 0.5) is 0 Å². The maximum Gasteiger partial charge on any atom is 0.295 e. The zero-order chi connectivity index (χ0) is 22.8. The highest BCUT2D eigenvalue weighted by molar-refractivity contribution is 6.46. The summed E-state index contributed by atoms with van der Waals surface area (Å²) in [7, 11) is 0. The topological polar surface area (TPSA) is 85.3 Å². The second kappa shape index (κ2) is 8.94. The van der Waals surface area contributed by atoms with Crippen LogP contribution < -0.4 is 14.2 Å². The minimum atomic E-state index is -0.722. The van der Waals surface area contributed by atoms with E-state index in [2.05, 4.69) is 0 Å². The molecule has 7 heteroatoms. The highest BCUT2D eigenvalue weighted by atomic mass is 16.6. The minimum absolute atomic E-state index is 0.0414. The quantitative estimate of drug-likeness (QED) is 0.417. The van der Waals surface area contributed by atoms with E-state index >= 15 is 0 Å². The van der Waals surface area contributed by atoms with Crippen molar-refractivity contribution in [3.63, 3.8) is 0 Å². The number of hydrogen-bond acceptors (Lipinski definition) is 6. The number of aliphatic hydroxyl groups excluding tert-OH is 1. The first-order chi connectivity index (χ1) is 15.4. The minimum Gasteiger partial charge on any atom is -0.507 e. The van der Waals surface area contributed by atoms with Gasteiger partial charge in [0.05, 0.1) is 17.7 Å². The van der Waals surface area contributed by atoms with Gasteiger partial charge in [-0.05, 0) is 50.1 Å². The van der Waals surface area contributed by atoms with Gasteiger partial charge in [0, 0.05) is 12.1 Å². The van der Waals surface area contributed by atoms with Crippen molar-refractivity contribution in [2.24, 2.45) is 0 Å². The molecular formula is C25H27NO6. The largest absolute Gasteiger partial charge is 0.507 e. The Morgan fingerprint density at radius 3 is 2.59 bits per heavy atom. The van der Waals surface area contributed by atoms with E-state index in [1.54, 1.807) is 42.5 Å². The summed E-state index contributed by atoms with van der Waals surface area (Å²) in [6.45, 7) is 7.03. The first-order valence-corrected chi connectivity index (χ1v) is 10.9. The van der Waals surface area contributed by atoms with Crippen LogP contribution in [-0.2, 0) is 9.59 Å². The maximum absolute atomic E-state index is 13.0. The number of fused-ring (bicyclic) bond motifs is 1. The van der Waals surface area contributed by atoms with Gasteiger partial charge < -0.3 is 24.2 Å². The normalized spacial score (nSPS) is 19.5. The molecule has 2 heterocycles. The third-order valence-electron chi connectivity index (χ3n) is 5.37. The average molecular weight is 437 g/mol. The molecule has 1 N–H and O–H groups in total. The summed E-state index contributed by atoms with van der Waals surface area (Å²) in [6, 6.07) is 11.5. The van der Waals surface area contributed by atoms with Gasteiger partial charge in [0.1, 0.15) is 24.7 Å². The van der Waals surface area contributed by atoms with Crippen molar-refractivity contribution in [3.05, 3.63) is 59.2 Å². The van der Waals surface area contributed by atoms with Gasteiger partial charge in [-0.3, -0.25) is 9.59 Å². The van der Waals surface area contributed by atoms with E-state index in [1.165, 1.54) is 4.90 Å². The lowest BCUT2D eigenvalue weighted by atomic mass is 9.94.